The molecule has 1 aromatic carbocycles. The summed E-state index contributed by atoms with van der Waals surface area (Å²) in [7, 11) is 0. The maximum Gasteiger partial charge on any atom is 0.252 e. The Balaban J connectivity index is 2.08. The van der Waals surface area contributed by atoms with E-state index in [1.165, 1.54) is 0 Å². The molecule has 0 atom stereocenters. The minimum Gasteiger partial charge on any atom is -0.471 e. The van der Waals surface area contributed by atoms with Crippen LogP contribution >= 0.6 is 11.6 Å². The fourth-order valence-electron chi connectivity index (χ4n) is 1.38. The van der Waals surface area contributed by atoms with Gasteiger partial charge in [0.25, 0.3) is 5.88 Å². The lowest BCUT2D eigenvalue weighted by Gasteiger charge is -2.07. The van der Waals surface area contributed by atoms with Gasteiger partial charge in [-0.15, -0.1) is 0 Å². The molecule has 0 spiro atoms. The van der Waals surface area contributed by atoms with Crippen LogP contribution in [0.25, 0.3) is 0 Å². The van der Waals surface area contributed by atoms with E-state index in [0.717, 1.165) is 17.7 Å². The number of aromatic nitrogens is 2. The summed E-state index contributed by atoms with van der Waals surface area (Å²) in [5, 5.41) is 0.304. The lowest BCUT2D eigenvalue weighted by molar-refractivity contribution is 0.292. The highest BCUT2D eigenvalue weighted by molar-refractivity contribution is 6.30. The first-order valence-electron chi connectivity index (χ1n) is 5.47. The lowest BCUT2D eigenvalue weighted by atomic mass is 10.2. The molecule has 2 aromatic rings. The number of ether oxygens (including phenoxy) is 1. The van der Waals surface area contributed by atoms with Gasteiger partial charge >= 0.3 is 0 Å². The van der Waals surface area contributed by atoms with Gasteiger partial charge in [0.15, 0.2) is 5.15 Å². The van der Waals surface area contributed by atoms with Crippen molar-refractivity contribution < 1.29 is 4.74 Å². The van der Waals surface area contributed by atoms with Gasteiger partial charge in [-0.05, 0) is 12.0 Å². The summed E-state index contributed by atoms with van der Waals surface area (Å²) in [4.78, 5) is 8.33. The van der Waals surface area contributed by atoms with Crippen LogP contribution in [-0.2, 0) is 13.0 Å². The average molecular weight is 249 g/mol. The van der Waals surface area contributed by atoms with Crippen molar-refractivity contribution in [3.05, 3.63) is 52.9 Å². The van der Waals surface area contributed by atoms with Crippen molar-refractivity contribution in [2.24, 2.45) is 0 Å². The Morgan fingerprint density at radius 3 is 2.71 bits per heavy atom. The number of hydrogen-bond donors (Lipinski definition) is 0. The molecule has 0 radical (unpaired) electrons. The molecule has 0 aliphatic rings. The van der Waals surface area contributed by atoms with Gasteiger partial charge in [-0.1, -0.05) is 48.9 Å². The summed E-state index contributed by atoms with van der Waals surface area (Å²) < 4.78 is 5.56. The Morgan fingerprint density at radius 2 is 2.00 bits per heavy atom. The monoisotopic (exact) mass is 248 g/mol. The number of aryl methyl sites for hydroxylation is 1. The van der Waals surface area contributed by atoms with Gasteiger partial charge in [-0.3, -0.25) is 0 Å². The van der Waals surface area contributed by atoms with Crippen molar-refractivity contribution in [3.8, 4) is 5.88 Å². The van der Waals surface area contributed by atoms with E-state index in [4.69, 9.17) is 16.3 Å². The second-order valence-electron chi connectivity index (χ2n) is 3.59. The SMILES string of the molecule is CCc1cnc(Cl)c(OCc2ccccc2)n1. The number of nitrogens with zero attached hydrogens (tertiary/aromatic N) is 2. The van der Waals surface area contributed by atoms with Gasteiger partial charge in [0.05, 0.1) is 11.9 Å². The van der Waals surface area contributed by atoms with Crippen molar-refractivity contribution in [1.82, 2.24) is 9.97 Å². The van der Waals surface area contributed by atoms with Gasteiger partial charge in [0, 0.05) is 0 Å². The molecular formula is C13H13ClN2O. The Morgan fingerprint density at radius 1 is 1.24 bits per heavy atom. The van der Waals surface area contributed by atoms with E-state index in [9.17, 15) is 0 Å². The van der Waals surface area contributed by atoms with Crippen molar-refractivity contribution in [3.63, 3.8) is 0 Å². The van der Waals surface area contributed by atoms with E-state index in [1.54, 1.807) is 6.20 Å². The number of rotatable bonds is 4. The van der Waals surface area contributed by atoms with Crippen LogP contribution in [0.2, 0.25) is 5.15 Å². The molecule has 0 aliphatic heterocycles. The van der Waals surface area contributed by atoms with Gasteiger partial charge in [-0.2, -0.15) is 0 Å². The molecule has 88 valence electrons. The molecule has 0 unspecified atom stereocenters. The summed E-state index contributed by atoms with van der Waals surface area (Å²) in [6, 6.07) is 9.88. The molecule has 0 fully saturated rings. The summed E-state index contributed by atoms with van der Waals surface area (Å²) >= 11 is 5.92. The van der Waals surface area contributed by atoms with E-state index in [-0.39, 0.29) is 0 Å². The summed E-state index contributed by atoms with van der Waals surface area (Å²) in [5.74, 6) is 0.398. The van der Waals surface area contributed by atoms with Crippen LogP contribution in [0.15, 0.2) is 36.5 Å². The van der Waals surface area contributed by atoms with E-state index >= 15 is 0 Å². The third kappa shape index (κ3) is 3.17. The molecule has 0 saturated carbocycles. The highest BCUT2D eigenvalue weighted by Gasteiger charge is 2.06. The number of hydrogen-bond acceptors (Lipinski definition) is 3. The van der Waals surface area contributed by atoms with Crippen LogP contribution in [0.3, 0.4) is 0 Å². The van der Waals surface area contributed by atoms with E-state index in [0.29, 0.717) is 17.6 Å². The zero-order valence-electron chi connectivity index (χ0n) is 9.56. The molecule has 2 rings (SSSR count). The van der Waals surface area contributed by atoms with E-state index < -0.39 is 0 Å². The van der Waals surface area contributed by atoms with Gasteiger partial charge < -0.3 is 4.74 Å². The second-order valence-corrected chi connectivity index (χ2v) is 3.94. The van der Waals surface area contributed by atoms with Gasteiger partial charge in [-0.25, -0.2) is 9.97 Å². The smallest absolute Gasteiger partial charge is 0.252 e. The quantitative estimate of drug-likeness (QED) is 0.833. The standard InChI is InChI=1S/C13H13ClN2O/c1-2-11-8-15-12(14)13(16-11)17-9-10-6-4-3-5-7-10/h3-8H,2,9H2,1H3. The van der Waals surface area contributed by atoms with E-state index in [1.807, 2.05) is 37.3 Å². The third-order valence-corrected chi connectivity index (χ3v) is 2.59. The summed E-state index contributed by atoms with van der Waals surface area (Å²) in [6.45, 7) is 2.46. The van der Waals surface area contributed by atoms with Crippen LogP contribution in [-0.4, -0.2) is 9.97 Å². The normalized spacial score (nSPS) is 10.2. The Bertz CT molecular complexity index is 488. The average Bonchev–Trinajstić information content (AvgIpc) is 2.39. The molecule has 0 N–H and O–H groups in total. The molecule has 0 bridgehead atoms. The molecule has 1 aromatic heterocycles. The van der Waals surface area contributed by atoms with Crippen molar-refractivity contribution >= 4 is 11.6 Å². The number of benzene rings is 1. The second kappa shape index (κ2) is 5.64. The third-order valence-electron chi connectivity index (χ3n) is 2.33. The van der Waals surface area contributed by atoms with Crippen LogP contribution in [0.4, 0.5) is 0 Å². The minimum absolute atomic E-state index is 0.304. The van der Waals surface area contributed by atoms with Crippen LogP contribution in [0, 0.1) is 0 Å². The molecule has 17 heavy (non-hydrogen) atoms. The first-order chi connectivity index (χ1) is 8.29. The van der Waals surface area contributed by atoms with Crippen LogP contribution < -0.4 is 4.74 Å². The fraction of sp³-hybridized carbons (Fsp3) is 0.231. The molecule has 0 amide bonds. The summed E-state index contributed by atoms with van der Waals surface area (Å²) in [5.41, 5.74) is 1.95. The largest absolute Gasteiger partial charge is 0.471 e. The zero-order valence-corrected chi connectivity index (χ0v) is 10.3. The Labute approximate surface area is 105 Å². The topological polar surface area (TPSA) is 35.0 Å². The van der Waals surface area contributed by atoms with Gasteiger partial charge in [0.2, 0.25) is 0 Å². The van der Waals surface area contributed by atoms with Crippen molar-refractivity contribution in [2.45, 2.75) is 20.0 Å². The number of halogens is 1. The molecule has 0 saturated heterocycles. The maximum atomic E-state index is 5.92. The zero-order chi connectivity index (χ0) is 12.1. The molecule has 0 aliphatic carbocycles. The van der Waals surface area contributed by atoms with Crippen LogP contribution in [0.1, 0.15) is 18.2 Å². The first-order valence-corrected chi connectivity index (χ1v) is 5.85. The Kier molecular flexibility index (Phi) is 3.94. The van der Waals surface area contributed by atoms with Crippen molar-refractivity contribution in [1.29, 1.82) is 0 Å². The molecule has 4 heteroatoms. The minimum atomic E-state index is 0.304. The van der Waals surface area contributed by atoms with E-state index in [2.05, 4.69) is 9.97 Å². The predicted octanol–water partition coefficient (Wildman–Crippen LogP) is 3.27. The highest BCUT2D eigenvalue weighted by atomic mass is 35.5. The maximum absolute atomic E-state index is 5.92. The fourth-order valence-corrected chi connectivity index (χ4v) is 1.53. The highest BCUT2D eigenvalue weighted by Crippen LogP contribution is 2.20. The Hall–Kier alpha value is -1.61. The van der Waals surface area contributed by atoms with Crippen molar-refractivity contribution in [2.75, 3.05) is 0 Å². The molecule has 3 nitrogen and oxygen atoms in total. The first kappa shape index (κ1) is 11.9. The molecule has 1 heterocycles. The van der Waals surface area contributed by atoms with Crippen LogP contribution in [0.5, 0.6) is 5.88 Å². The molecular weight excluding hydrogens is 236 g/mol. The lowest BCUT2D eigenvalue weighted by Crippen LogP contribution is -2.00. The predicted molar refractivity (Wildman–Crippen MR) is 67.2 cm³/mol. The summed E-state index contributed by atoms with van der Waals surface area (Å²) in [6.07, 6.45) is 2.48. The van der Waals surface area contributed by atoms with Gasteiger partial charge in [0.1, 0.15) is 6.61 Å².